The van der Waals surface area contributed by atoms with Gasteiger partial charge in [0.1, 0.15) is 5.69 Å². The lowest BCUT2D eigenvalue weighted by Crippen LogP contribution is -2.03. The Hall–Kier alpha value is -1.29. The van der Waals surface area contributed by atoms with Crippen molar-refractivity contribution in [2.45, 2.75) is 6.42 Å². The normalized spacial score (nSPS) is 10.5. The average Bonchev–Trinajstić information content (AvgIpc) is 2.29. The van der Waals surface area contributed by atoms with Gasteiger partial charge in [0.15, 0.2) is 0 Å². The molecule has 0 amide bonds. The fourth-order valence-electron chi connectivity index (χ4n) is 1.06. The number of nitrogens with zero attached hydrogens (tertiary/aromatic N) is 1. The summed E-state index contributed by atoms with van der Waals surface area (Å²) in [6, 6.07) is 3.53. The first-order valence-corrected chi connectivity index (χ1v) is 5.23. The molecule has 0 spiro atoms. The van der Waals surface area contributed by atoms with E-state index in [9.17, 15) is 4.79 Å². The second kappa shape index (κ2) is 6.24. The zero-order valence-electron chi connectivity index (χ0n) is 8.51. The summed E-state index contributed by atoms with van der Waals surface area (Å²) in [5, 5.41) is 0. The highest BCUT2D eigenvalue weighted by Gasteiger charge is 2.05. The largest absolute Gasteiger partial charge is 0.464 e. The Kier molecular flexibility index (Phi) is 4.90. The maximum absolute atomic E-state index is 11.2. The molecule has 1 rings (SSSR count). The lowest BCUT2D eigenvalue weighted by atomic mass is 10.2. The van der Waals surface area contributed by atoms with Gasteiger partial charge in [-0.25, -0.2) is 9.78 Å². The highest BCUT2D eigenvalue weighted by molar-refractivity contribution is 7.80. The number of carbonyl (C=O) groups excluding carboxylic acids is 1. The van der Waals surface area contributed by atoms with Crippen molar-refractivity contribution in [2.24, 2.45) is 0 Å². The molecule has 80 valence electrons. The van der Waals surface area contributed by atoms with E-state index in [1.165, 1.54) is 7.11 Å². The van der Waals surface area contributed by atoms with Gasteiger partial charge in [-0.2, -0.15) is 12.6 Å². The molecule has 0 aliphatic rings. The first kappa shape index (κ1) is 11.8. The van der Waals surface area contributed by atoms with Gasteiger partial charge in [-0.1, -0.05) is 12.2 Å². The van der Waals surface area contributed by atoms with Crippen molar-refractivity contribution in [1.29, 1.82) is 0 Å². The summed E-state index contributed by atoms with van der Waals surface area (Å²) in [5.74, 6) is 0.394. The predicted octanol–water partition coefficient (Wildman–Crippen LogP) is 2.20. The van der Waals surface area contributed by atoms with Crippen LogP contribution in [0.25, 0.3) is 6.08 Å². The molecular formula is C11H13NO2S. The Morgan fingerprint density at radius 3 is 3.13 bits per heavy atom. The van der Waals surface area contributed by atoms with Gasteiger partial charge >= 0.3 is 5.97 Å². The zero-order valence-corrected chi connectivity index (χ0v) is 9.41. The Morgan fingerprint density at radius 2 is 2.47 bits per heavy atom. The third-order valence-corrected chi connectivity index (χ3v) is 2.04. The maximum atomic E-state index is 11.2. The van der Waals surface area contributed by atoms with Crippen molar-refractivity contribution in [3.63, 3.8) is 0 Å². The molecule has 0 saturated carbocycles. The Balaban J connectivity index is 2.78. The second-order valence-electron chi connectivity index (χ2n) is 2.88. The fourth-order valence-corrected chi connectivity index (χ4v) is 1.21. The van der Waals surface area contributed by atoms with E-state index in [0.29, 0.717) is 5.69 Å². The summed E-state index contributed by atoms with van der Waals surface area (Å²) < 4.78 is 4.58. The Bertz CT molecular complexity index is 363. The highest BCUT2D eigenvalue weighted by Crippen LogP contribution is 2.06. The van der Waals surface area contributed by atoms with E-state index in [0.717, 1.165) is 17.7 Å². The number of allylic oxidation sites excluding steroid dienone is 1. The number of ether oxygens (including phenoxy) is 1. The van der Waals surface area contributed by atoms with E-state index in [1.807, 2.05) is 18.2 Å². The summed E-state index contributed by atoms with van der Waals surface area (Å²) in [6.07, 6.45) is 6.43. The molecule has 0 aliphatic carbocycles. The van der Waals surface area contributed by atoms with Crippen LogP contribution in [0.3, 0.4) is 0 Å². The van der Waals surface area contributed by atoms with Crippen LogP contribution in [0.15, 0.2) is 24.4 Å². The first-order valence-electron chi connectivity index (χ1n) is 4.59. The van der Waals surface area contributed by atoms with Crippen LogP contribution in [0.1, 0.15) is 22.5 Å². The molecule has 1 aromatic heterocycles. The number of esters is 1. The zero-order chi connectivity index (χ0) is 11.1. The molecule has 15 heavy (non-hydrogen) atoms. The minimum atomic E-state index is -0.417. The number of rotatable bonds is 4. The second-order valence-corrected chi connectivity index (χ2v) is 3.33. The average molecular weight is 223 g/mol. The number of hydrogen-bond acceptors (Lipinski definition) is 4. The molecule has 1 aromatic rings. The van der Waals surface area contributed by atoms with E-state index < -0.39 is 5.97 Å². The van der Waals surface area contributed by atoms with E-state index in [4.69, 9.17) is 0 Å². The van der Waals surface area contributed by atoms with Gasteiger partial charge in [0.05, 0.1) is 7.11 Å². The minimum Gasteiger partial charge on any atom is -0.464 e. The van der Waals surface area contributed by atoms with Gasteiger partial charge in [0.25, 0.3) is 0 Å². The molecule has 0 N–H and O–H groups in total. The van der Waals surface area contributed by atoms with Crippen LogP contribution >= 0.6 is 12.6 Å². The van der Waals surface area contributed by atoms with Gasteiger partial charge < -0.3 is 4.74 Å². The van der Waals surface area contributed by atoms with Crippen LogP contribution in [0.4, 0.5) is 0 Å². The summed E-state index contributed by atoms with van der Waals surface area (Å²) in [7, 11) is 1.34. The first-order chi connectivity index (χ1) is 7.27. The number of pyridine rings is 1. The quantitative estimate of drug-likeness (QED) is 0.628. The van der Waals surface area contributed by atoms with Gasteiger partial charge in [-0.3, -0.25) is 0 Å². The fraction of sp³-hybridized carbons (Fsp3) is 0.273. The van der Waals surface area contributed by atoms with Crippen molar-refractivity contribution in [2.75, 3.05) is 12.9 Å². The number of thiol groups is 1. The third-order valence-electron chi connectivity index (χ3n) is 1.78. The van der Waals surface area contributed by atoms with E-state index in [-0.39, 0.29) is 0 Å². The van der Waals surface area contributed by atoms with Crippen LogP contribution in [0, 0.1) is 0 Å². The molecule has 0 fully saturated rings. The van der Waals surface area contributed by atoms with Crippen LogP contribution in [0.2, 0.25) is 0 Å². The lowest BCUT2D eigenvalue weighted by Gasteiger charge is -1.98. The van der Waals surface area contributed by atoms with Crippen LogP contribution in [0.5, 0.6) is 0 Å². The summed E-state index contributed by atoms with van der Waals surface area (Å²) in [5.41, 5.74) is 1.26. The Morgan fingerprint density at radius 1 is 1.67 bits per heavy atom. The van der Waals surface area contributed by atoms with Gasteiger partial charge in [-0.15, -0.1) is 0 Å². The maximum Gasteiger partial charge on any atom is 0.356 e. The molecule has 4 heteroatoms. The van der Waals surface area contributed by atoms with Crippen molar-refractivity contribution < 1.29 is 9.53 Å². The SMILES string of the molecule is COC(=O)c1cc(C=CCCS)ccn1. The predicted molar refractivity (Wildman–Crippen MR) is 63.1 cm³/mol. The van der Waals surface area contributed by atoms with Gasteiger partial charge in [0.2, 0.25) is 0 Å². The smallest absolute Gasteiger partial charge is 0.356 e. The summed E-state index contributed by atoms with van der Waals surface area (Å²) >= 11 is 4.10. The molecule has 0 radical (unpaired) electrons. The molecule has 0 aromatic carbocycles. The van der Waals surface area contributed by atoms with E-state index in [1.54, 1.807) is 12.3 Å². The number of aromatic nitrogens is 1. The molecular weight excluding hydrogens is 210 g/mol. The Labute approximate surface area is 94.6 Å². The molecule has 3 nitrogen and oxygen atoms in total. The van der Waals surface area contributed by atoms with E-state index >= 15 is 0 Å². The van der Waals surface area contributed by atoms with Crippen LogP contribution in [-0.2, 0) is 4.74 Å². The van der Waals surface area contributed by atoms with Gasteiger partial charge in [-0.05, 0) is 29.9 Å². The van der Waals surface area contributed by atoms with E-state index in [2.05, 4.69) is 22.3 Å². The topological polar surface area (TPSA) is 39.2 Å². The number of hydrogen-bond donors (Lipinski definition) is 1. The standard InChI is InChI=1S/C11H13NO2S/c1-14-11(13)10-8-9(5-6-12-10)4-2-3-7-15/h2,4-6,8,15H,3,7H2,1H3. The monoisotopic (exact) mass is 223 g/mol. The molecule has 1 heterocycles. The molecule has 0 bridgehead atoms. The van der Waals surface area contributed by atoms with Crippen molar-refractivity contribution in [1.82, 2.24) is 4.98 Å². The summed E-state index contributed by atoms with van der Waals surface area (Å²) in [4.78, 5) is 15.1. The third kappa shape index (κ3) is 3.75. The highest BCUT2D eigenvalue weighted by atomic mass is 32.1. The number of methoxy groups -OCH3 is 1. The summed E-state index contributed by atoms with van der Waals surface area (Å²) in [6.45, 7) is 0. The van der Waals surface area contributed by atoms with Crippen LogP contribution < -0.4 is 0 Å². The lowest BCUT2D eigenvalue weighted by molar-refractivity contribution is 0.0594. The van der Waals surface area contributed by atoms with Gasteiger partial charge in [0, 0.05) is 6.20 Å². The molecule has 0 saturated heterocycles. The minimum absolute atomic E-state index is 0.325. The van der Waals surface area contributed by atoms with Crippen LogP contribution in [-0.4, -0.2) is 23.8 Å². The van der Waals surface area contributed by atoms with Crippen molar-refractivity contribution in [3.05, 3.63) is 35.7 Å². The van der Waals surface area contributed by atoms with Crippen molar-refractivity contribution in [3.8, 4) is 0 Å². The molecule has 0 aliphatic heterocycles. The number of carbonyl (C=O) groups is 1. The molecule has 0 unspecified atom stereocenters. The molecule has 0 atom stereocenters. The van der Waals surface area contributed by atoms with Crippen molar-refractivity contribution >= 4 is 24.7 Å².